The normalized spacial score (nSPS) is 12.2. The van der Waals surface area contributed by atoms with E-state index in [1.807, 2.05) is 23.6 Å². The number of hydrogen-bond acceptors (Lipinski definition) is 3. The average molecular weight is 226 g/mol. The zero-order valence-corrected chi connectivity index (χ0v) is 8.85. The van der Waals surface area contributed by atoms with Crippen molar-refractivity contribution in [3.63, 3.8) is 0 Å². The van der Waals surface area contributed by atoms with Crippen LogP contribution in [0, 0.1) is 0 Å². The molecule has 5 heteroatoms. The van der Waals surface area contributed by atoms with Gasteiger partial charge in [-0.15, -0.1) is 11.6 Å². The molecule has 0 spiro atoms. The van der Waals surface area contributed by atoms with Crippen LogP contribution in [-0.4, -0.2) is 16.1 Å². The summed E-state index contributed by atoms with van der Waals surface area (Å²) >= 11 is 6.96. The van der Waals surface area contributed by atoms with E-state index in [-0.39, 0.29) is 5.88 Å². The zero-order chi connectivity index (χ0) is 9.97. The molecule has 2 N–H and O–H groups in total. The lowest BCUT2D eigenvalue weighted by Gasteiger charge is -1.95. The minimum Gasteiger partial charge on any atom is -0.386 e. The molecule has 1 aromatic carbocycles. The number of alkyl halides is 1. The number of benzene rings is 1. The third kappa shape index (κ3) is 1.86. The van der Waals surface area contributed by atoms with Gasteiger partial charge >= 0.3 is 0 Å². The Morgan fingerprint density at radius 1 is 1.57 bits per heavy atom. The highest BCUT2D eigenvalue weighted by molar-refractivity contribution is 7.04. The van der Waals surface area contributed by atoms with Gasteiger partial charge in [0.25, 0.3) is 0 Å². The fourth-order valence-electron chi connectivity index (χ4n) is 1.12. The summed E-state index contributed by atoms with van der Waals surface area (Å²) < 4.78 is 4.20. The molecule has 3 nitrogen and oxygen atoms in total. The summed E-state index contributed by atoms with van der Waals surface area (Å²) in [5, 5.41) is 3.06. The van der Waals surface area contributed by atoms with E-state index < -0.39 is 0 Å². The van der Waals surface area contributed by atoms with Crippen LogP contribution < -0.4 is 5.73 Å². The molecule has 0 atom stereocenters. The molecule has 0 amide bonds. The van der Waals surface area contributed by atoms with Crippen LogP contribution in [0.15, 0.2) is 28.6 Å². The highest BCUT2D eigenvalue weighted by atomic mass is 35.5. The topological polar surface area (TPSA) is 51.3 Å². The maximum Gasteiger partial charge on any atom is 0.115 e. The number of halogens is 1. The number of hydrogen-bond donors (Lipinski definition) is 1. The summed E-state index contributed by atoms with van der Waals surface area (Å²) in [5.41, 5.74) is 7.33. The summed E-state index contributed by atoms with van der Waals surface area (Å²) in [4.78, 5) is 4.15. The van der Waals surface area contributed by atoms with Gasteiger partial charge in [-0.05, 0) is 29.7 Å². The lowest BCUT2D eigenvalue weighted by molar-refractivity contribution is 1.46. The Hall–Kier alpha value is -1.13. The third-order valence-corrected chi connectivity index (χ3v) is 2.69. The number of aliphatic imine (C=N–C) groups is 1. The van der Waals surface area contributed by atoms with Gasteiger partial charge in [0.15, 0.2) is 0 Å². The Kier molecular flexibility index (Phi) is 2.65. The number of amidine groups is 1. The first-order chi connectivity index (χ1) is 6.79. The quantitative estimate of drug-likeness (QED) is 0.485. The predicted molar refractivity (Wildman–Crippen MR) is 61.6 cm³/mol. The lowest BCUT2D eigenvalue weighted by atomic mass is 10.2. The Morgan fingerprint density at radius 2 is 2.43 bits per heavy atom. The summed E-state index contributed by atoms with van der Waals surface area (Å²) in [7, 11) is 0. The number of fused-ring (bicyclic) bond motifs is 1. The lowest BCUT2D eigenvalue weighted by Crippen LogP contribution is -2.12. The number of nitrogens with two attached hydrogens (primary N) is 1. The average Bonchev–Trinajstić information content (AvgIpc) is 2.64. The van der Waals surface area contributed by atoms with E-state index in [0.717, 1.165) is 16.6 Å². The SMILES string of the molecule is NC(CCl)=Nc1ccc2nscc2c1. The molecule has 14 heavy (non-hydrogen) atoms. The first-order valence-electron chi connectivity index (χ1n) is 4.03. The smallest absolute Gasteiger partial charge is 0.115 e. The van der Waals surface area contributed by atoms with Crippen LogP contribution in [0.3, 0.4) is 0 Å². The second kappa shape index (κ2) is 3.94. The van der Waals surface area contributed by atoms with Crippen LogP contribution in [0.5, 0.6) is 0 Å². The van der Waals surface area contributed by atoms with E-state index in [2.05, 4.69) is 9.37 Å². The number of nitrogens with zero attached hydrogens (tertiary/aromatic N) is 2. The van der Waals surface area contributed by atoms with Crippen molar-refractivity contribution in [1.29, 1.82) is 0 Å². The first kappa shape index (κ1) is 9.43. The van der Waals surface area contributed by atoms with Crippen molar-refractivity contribution in [2.75, 3.05) is 5.88 Å². The molecule has 0 saturated carbocycles. The Bertz CT molecular complexity index is 478. The van der Waals surface area contributed by atoms with Crippen molar-refractivity contribution in [2.24, 2.45) is 10.7 Å². The van der Waals surface area contributed by atoms with E-state index in [4.69, 9.17) is 17.3 Å². The molecule has 1 aromatic heterocycles. The molecular formula is C9H8ClN3S. The first-order valence-corrected chi connectivity index (χ1v) is 5.40. The molecule has 0 aliphatic rings. The molecule has 0 fully saturated rings. The van der Waals surface area contributed by atoms with E-state index in [0.29, 0.717) is 5.84 Å². The maximum atomic E-state index is 5.53. The van der Waals surface area contributed by atoms with E-state index in [9.17, 15) is 0 Å². The van der Waals surface area contributed by atoms with Gasteiger partial charge in [0, 0.05) is 10.8 Å². The van der Waals surface area contributed by atoms with Crippen LogP contribution >= 0.6 is 23.1 Å². The predicted octanol–water partition coefficient (Wildman–Crippen LogP) is 2.52. The molecule has 2 aromatic rings. The van der Waals surface area contributed by atoms with Crippen molar-refractivity contribution in [3.05, 3.63) is 23.6 Å². The number of rotatable bonds is 2. The van der Waals surface area contributed by atoms with Crippen molar-refractivity contribution in [3.8, 4) is 0 Å². The molecular weight excluding hydrogens is 218 g/mol. The van der Waals surface area contributed by atoms with Crippen molar-refractivity contribution < 1.29 is 0 Å². The van der Waals surface area contributed by atoms with Gasteiger partial charge in [0.2, 0.25) is 0 Å². The zero-order valence-electron chi connectivity index (χ0n) is 7.27. The summed E-state index contributed by atoms with van der Waals surface area (Å²) in [6.07, 6.45) is 0. The second-order valence-corrected chi connectivity index (χ2v) is 3.69. The third-order valence-electron chi connectivity index (χ3n) is 1.75. The molecule has 0 radical (unpaired) electrons. The van der Waals surface area contributed by atoms with Gasteiger partial charge in [-0.25, -0.2) is 4.99 Å². The standard InChI is InChI=1S/C9H8ClN3S/c10-4-9(11)12-7-1-2-8-6(3-7)5-14-13-8/h1-3,5H,4H2,(H2,11,12). The van der Waals surface area contributed by atoms with E-state index in [1.165, 1.54) is 11.5 Å². The van der Waals surface area contributed by atoms with Crippen molar-refractivity contribution >= 4 is 45.6 Å². The van der Waals surface area contributed by atoms with Crippen molar-refractivity contribution in [1.82, 2.24) is 4.37 Å². The van der Waals surface area contributed by atoms with Crippen LogP contribution in [-0.2, 0) is 0 Å². The molecule has 0 aliphatic carbocycles. The van der Waals surface area contributed by atoms with Gasteiger partial charge in [-0.2, -0.15) is 4.37 Å². The second-order valence-electron chi connectivity index (χ2n) is 2.79. The minimum atomic E-state index is 0.250. The molecule has 0 saturated heterocycles. The van der Waals surface area contributed by atoms with Gasteiger partial charge in [0.05, 0.1) is 17.1 Å². The summed E-state index contributed by atoms with van der Waals surface area (Å²) in [5.74, 6) is 0.675. The fraction of sp³-hybridized carbons (Fsp3) is 0.111. The maximum absolute atomic E-state index is 5.53. The fourth-order valence-corrected chi connectivity index (χ4v) is 1.82. The van der Waals surface area contributed by atoms with Crippen LogP contribution in [0.1, 0.15) is 0 Å². The molecule has 1 heterocycles. The van der Waals surface area contributed by atoms with E-state index in [1.54, 1.807) is 0 Å². The monoisotopic (exact) mass is 225 g/mol. The highest BCUT2D eigenvalue weighted by Gasteiger charge is 1.97. The van der Waals surface area contributed by atoms with Crippen molar-refractivity contribution in [2.45, 2.75) is 0 Å². The molecule has 2 rings (SSSR count). The summed E-state index contributed by atoms with van der Waals surface area (Å²) in [6.45, 7) is 0. The summed E-state index contributed by atoms with van der Waals surface area (Å²) in [6, 6.07) is 5.74. The van der Waals surface area contributed by atoms with Gasteiger partial charge < -0.3 is 5.73 Å². The molecule has 0 bridgehead atoms. The van der Waals surface area contributed by atoms with Crippen LogP contribution in [0.2, 0.25) is 0 Å². The van der Waals surface area contributed by atoms with Gasteiger partial charge in [0.1, 0.15) is 5.84 Å². The van der Waals surface area contributed by atoms with Crippen LogP contribution in [0.4, 0.5) is 5.69 Å². The minimum absolute atomic E-state index is 0.250. The largest absolute Gasteiger partial charge is 0.386 e. The van der Waals surface area contributed by atoms with Gasteiger partial charge in [-0.3, -0.25) is 0 Å². The van der Waals surface area contributed by atoms with Gasteiger partial charge in [-0.1, -0.05) is 0 Å². The Morgan fingerprint density at radius 3 is 3.21 bits per heavy atom. The Labute approximate surface area is 90.4 Å². The Balaban J connectivity index is 2.44. The highest BCUT2D eigenvalue weighted by Crippen LogP contribution is 2.21. The van der Waals surface area contributed by atoms with E-state index >= 15 is 0 Å². The molecule has 0 aliphatic heterocycles. The molecule has 0 unspecified atom stereocenters. The number of aromatic nitrogens is 1. The molecule has 72 valence electrons. The van der Waals surface area contributed by atoms with Crippen LogP contribution in [0.25, 0.3) is 10.9 Å².